The fourth-order valence-corrected chi connectivity index (χ4v) is 5.25. The molecule has 0 aromatic heterocycles. The van der Waals surface area contributed by atoms with Gasteiger partial charge in [-0.25, -0.2) is 0 Å². The molecule has 0 nitrogen and oxygen atoms in total. The molecule has 0 N–H and O–H groups in total. The Hall–Kier alpha value is -1.82. The quantitative estimate of drug-likeness (QED) is 0.464. The molecule has 29 heavy (non-hydrogen) atoms. The minimum atomic E-state index is 0.0980. The largest absolute Gasteiger partial charge is 0.0780 e. The van der Waals surface area contributed by atoms with Crippen LogP contribution in [0.2, 0.25) is 0 Å². The van der Waals surface area contributed by atoms with E-state index in [0.717, 1.165) is 12.8 Å². The Bertz CT molecular complexity index is 858. The van der Waals surface area contributed by atoms with Gasteiger partial charge in [0.1, 0.15) is 0 Å². The molecule has 0 amide bonds. The summed E-state index contributed by atoms with van der Waals surface area (Å²) < 4.78 is 0. The third-order valence-corrected chi connectivity index (χ3v) is 7.75. The zero-order valence-electron chi connectivity index (χ0n) is 19.6. The van der Waals surface area contributed by atoms with Crippen LogP contribution in [-0.2, 0) is 5.41 Å². The second-order valence-electron chi connectivity index (χ2n) is 9.71. The number of hydrogen-bond donors (Lipinski definition) is 0. The van der Waals surface area contributed by atoms with E-state index in [2.05, 4.69) is 90.1 Å². The molecule has 1 fully saturated rings. The predicted molar refractivity (Wildman–Crippen MR) is 129 cm³/mol. The van der Waals surface area contributed by atoms with Crippen LogP contribution in [0.1, 0.15) is 99.1 Å². The average Bonchev–Trinajstić information content (AvgIpc) is 2.72. The lowest BCUT2D eigenvalue weighted by molar-refractivity contribution is 0.287. The lowest BCUT2D eigenvalue weighted by Gasteiger charge is -2.34. The molecule has 3 rings (SSSR count). The van der Waals surface area contributed by atoms with Gasteiger partial charge in [0, 0.05) is 5.41 Å². The zero-order valence-corrected chi connectivity index (χ0v) is 19.6. The van der Waals surface area contributed by atoms with Gasteiger partial charge in [-0.3, -0.25) is 0 Å². The Labute approximate surface area is 179 Å². The van der Waals surface area contributed by atoms with Crippen molar-refractivity contribution in [1.82, 2.24) is 0 Å². The number of hydrogen-bond acceptors (Lipinski definition) is 0. The topological polar surface area (TPSA) is 0 Å². The summed E-state index contributed by atoms with van der Waals surface area (Å²) in [6.45, 7) is 13.8. The summed E-state index contributed by atoms with van der Waals surface area (Å²) in [5.41, 5.74) is 8.95. The van der Waals surface area contributed by atoms with Gasteiger partial charge >= 0.3 is 0 Å². The molecule has 0 aliphatic heterocycles. The van der Waals surface area contributed by atoms with Crippen LogP contribution in [0.25, 0.3) is 6.08 Å². The fraction of sp³-hybridized carbons (Fsp3) is 0.517. The van der Waals surface area contributed by atoms with Gasteiger partial charge in [-0.1, -0.05) is 88.6 Å². The van der Waals surface area contributed by atoms with E-state index in [9.17, 15) is 0 Å². The molecule has 0 spiro atoms. The summed E-state index contributed by atoms with van der Waals surface area (Å²) in [4.78, 5) is 0. The molecular weight excluding hydrogens is 348 g/mol. The van der Waals surface area contributed by atoms with Crippen LogP contribution < -0.4 is 0 Å². The molecule has 1 saturated carbocycles. The van der Waals surface area contributed by atoms with Crippen molar-refractivity contribution in [2.24, 2.45) is 5.41 Å². The Kier molecular flexibility index (Phi) is 6.72. The van der Waals surface area contributed by atoms with E-state index in [1.54, 1.807) is 0 Å². The fourth-order valence-electron chi connectivity index (χ4n) is 5.25. The Morgan fingerprint density at radius 3 is 1.93 bits per heavy atom. The maximum absolute atomic E-state index is 2.49. The molecule has 0 bridgehead atoms. The van der Waals surface area contributed by atoms with Gasteiger partial charge in [0.05, 0.1) is 0 Å². The Morgan fingerprint density at radius 2 is 1.38 bits per heavy atom. The van der Waals surface area contributed by atoms with Gasteiger partial charge in [-0.05, 0) is 85.3 Å². The van der Waals surface area contributed by atoms with Crippen molar-refractivity contribution in [2.45, 2.75) is 91.9 Å². The number of rotatable bonds is 6. The number of allylic oxidation sites excluding steroid dienone is 1. The lowest BCUT2D eigenvalue weighted by atomic mass is 9.69. The number of benzene rings is 2. The molecule has 1 aliphatic carbocycles. The van der Waals surface area contributed by atoms with E-state index < -0.39 is 0 Å². The van der Waals surface area contributed by atoms with Crippen LogP contribution in [-0.4, -0.2) is 0 Å². The van der Waals surface area contributed by atoms with Crippen molar-refractivity contribution in [1.29, 1.82) is 0 Å². The smallest absolute Gasteiger partial charge is 0.0197 e. The summed E-state index contributed by atoms with van der Waals surface area (Å²) in [6.07, 6.45) is 14.0. The van der Waals surface area contributed by atoms with Crippen molar-refractivity contribution in [2.75, 3.05) is 0 Å². The highest BCUT2D eigenvalue weighted by Crippen LogP contribution is 2.41. The molecule has 156 valence electrons. The summed E-state index contributed by atoms with van der Waals surface area (Å²) in [5, 5.41) is 0. The van der Waals surface area contributed by atoms with Crippen molar-refractivity contribution >= 4 is 6.08 Å². The van der Waals surface area contributed by atoms with E-state index in [1.165, 1.54) is 65.5 Å². The summed E-state index contributed by atoms with van der Waals surface area (Å²) in [6, 6.07) is 14.2. The molecule has 0 heteroatoms. The van der Waals surface area contributed by atoms with E-state index in [-0.39, 0.29) is 5.41 Å². The standard InChI is InChI=1S/C29H40/c1-7-29(8-2,26-14-12-22(3)23(4)20-26)27-15-13-25(24(5)21-27)16-19-28(6)17-10-9-11-18-28/h12-16,19-21H,7-11,17-18H2,1-6H3. The highest BCUT2D eigenvalue weighted by atomic mass is 14.3. The van der Waals surface area contributed by atoms with E-state index in [1.807, 2.05) is 0 Å². The van der Waals surface area contributed by atoms with Crippen molar-refractivity contribution in [3.05, 3.63) is 75.9 Å². The van der Waals surface area contributed by atoms with Gasteiger partial charge in [-0.15, -0.1) is 0 Å². The normalized spacial score (nSPS) is 17.0. The molecule has 2 aromatic rings. The van der Waals surface area contributed by atoms with Crippen LogP contribution in [0.5, 0.6) is 0 Å². The maximum Gasteiger partial charge on any atom is 0.0197 e. The minimum Gasteiger partial charge on any atom is -0.0780 e. The zero-order chi connectivity index (χ0) is 21.1. The van der Waals surface area contributed by atoms with Gasteiger partial charge < -0.3 is 0 Å². The van der Waals surface area contributed by atoms with Crippen LogP contribution in [0.3, 0.4) is 0 Å². The lowest BCUT2D eigenvalue weighted by Crippen LogP contribution is -2.26. The highest BCUT2D eigenvalue weighted by Gasteiger charge is 2.31. The summed E-state index contributed by atoms with van der Waals surface area (Å²) in [5.74, 6) is 0. The summed E-state index contributed by atoms with van der Waals surface area (Å²) >= 11 is 0. The average molecular weight is 389 g/mol. The van der Waals surface area contributed by atoms with Crippen LogP contribution in [0, 0.1) is 26.2 Å². The summed E-state index contributed by atoms with van der Waals surface area (Å²) in [7, 11) is 0. The first-order chi connectivity index (χ1) is 13.8. The molecule has 2 aromatic carbocycles. The second kappa shape index (κ2) is 8.90. The number of aryl methyl sites for hydroxylation is 3. The van der Waals surface area contributed by atoms with Gasteiger partial charge in [-0.2, -0.15) is 0 Å². The highest BCUT2D eigenvalue weighted by molar-refractivity contribution is 5.57. The SMILES string of the molecule is CCC(CC)(c1ccc(C)c(C)c1)c1ccc(C=CC2(C)CCCCC2)c(C)c1. The first-order valence-corrected chi connectivity index (χ1v) is 11.7. The molecular formula is C29H40. The van der Waals surface area contributed by atoms with Crippen molar-refractivity contribution in [3.8, 4) is 0 Å². The van der Waals surface area contributed by atoms with Crippen LogP contribution in [0.4, 0.5) is 0 Å². The minimum absolute atomic E-state index is 0.0980. The van der Waals surface area contributed by atoms with Crippen molar-refractivity contribution in [3.63, 3.8) is 0 Å². The molecule has 0 unspecified atom stereocenters. The maximum atomic E-state index is 2.49. The molecule has 1 aliphatic rings. The Morgan fingerprint density at radius 1 is 0.793 bits per heavy atom. The first-order valence-electron chi connectivity index (χ1n) is 11.7. The van der Waals surface area contributed by atoms with E-state index >= 15 is 0 Å². The third-order valence-electron chi connectivity index (χ3n) is 7.75. The predicted octanol–water partition coefficient (Wildman–Crippen LogP) is 8.70. The molecule has 0 saturated heterocycles. The van der Waals surface area contributed by atoms with Gasteiger partial charge in [0.25, 0.3) is 0 Å². The van der Waals surface area contributed by atoms with Crippen molar-refractivity contribution < 1.29 is 0 Å². The van der Waals surface area contributed by atoms with Gasteiger partial charge in [0.2, 0.25) is 0 Å². The Balaban J connectivity index is 1.95. The molecule has 0 atom stereocenters. The second-order valence-corrected chi connectivity index (χ2v) is 9.71. The van der Waals surface area contributed by atoms with Crippen LogP contribution in [0.15, 0.2) is 42.5 Å². The molecule has 0 heterocycles. The third kappa shape index (κ3) is 4.52. The first kappa shape index (κ1) is 21.9. The van der Waals surface area contributed by atoms with Gasteiger partial charge in [0.15, 0.2) is 0 Å². The van der Waals surface area contributed by atoms with E-state index in [0.29, 0.717) is 5.41 Å². The van der Waals surface area contributed by atoms with Crippen LogP contribution >= 0.6 is 0 Å². The van der Waals surface area contributed by atoms with E-state index in [4.69, 9.17) is 0 Å². The molecule has 0 radical (unpaired) electrons. The monoisotopic (exact) mass is 388 g/mol.